The lowest BCUT2D eigenvalue weighted by atomic mass is 9.90. The molecule has 1 amide bonds. The number of sulfonamides is 1. The number of amides is 1. The second-order valence-electron chi connectivity index (χ2n) is 9.41. The molecule has 0 radical (unpaired) electrons. The van der Waals surface area contributed by atoms with Gasteiger partial charge in [0.05, 0.1) is 4.90 Å². The molecule has 1 heterocycles. The van der Waals surface area contributed by atoms with Gasteiger partial charge in [-0.3, -0.25) is 4.79 Å². The van der Waals surface area contributed by atoms with Crippen LogP contribution in [0.2, 0.25) is 0 Å². The summed E-state index contributed by atoms with van der Waals surface area (Å²) in [6.07, 6.45) is 4.22. The van der Waals surface area contributed by atoms with Gasteiger partial charge in [0, 0.05) is 25.6 Å². The van der Waals surface area contributed by atoms with Crippen LogP contribution in [0, 0.1) is 5.92 Å². The number of piperidine rings is 1. The van der Waals surface area contributed by atoms with Crippen LogP contribution >= 0.6 is 0 Å². The minimum absolute atomic E-state index is 0.179. The van der Waals surface area contributed by atoms with Crippen molar-refractivity contribution in [2.75, 3.05) is 13.1 Å². The van der Waals surface area contributed by atoms with Crippen molar-refractivity contribution in [1.82, 2.24) is 9.62 Å². The van der Waals surface area contributed by atoms with Crippen molar-refractivity contribution in [3.63, 3.8) is 0 Å². The van der Waals surface area contributed by atoms with Crippen LogP contribution in [0.5, 0.6) is 0 Å². The SMILES string of the molecule is C[C@H](NS(=O)(=O)c1ccc(CCC(=O)N2CCC(Cc3ccccc3)CC2)cc1)c1ccccc1. The molecule has 1 N–H and O–H groups in total. The summed E-state index contributed by atoms with van der Waals surface area (Å²) in [6.45, 7) is 3.47. The lowest BCUT2D eigenvalue weighted by Gasteiger charge is -2.32. The number of nitrogens with one attached hydrogen (secondary N) is 1. The zero-order valence-electron chi connectivity index (χ0n) is 20.3. The fourth-order valence-electron chi connectivity index (χ4n) is 4.69. The van der Waals surface area contributed by atoms with Crippen molar-refractivity contribution < 1.29 is 13.2 Å². The van der Waals surface area contributed by atoms with Gasteiger partial charge in [0.15, 0.2) is 0 Å². The second-order valence-corrected chi connectivity index (χ2v) is 11.1. The predicted octanol–water partition coefficient (Wildman–Crippen LogP) is 5.14. The average molecular weight is 491 g/mol. The molecule has 5 nitrogen and oxygen atoms in total. The van der Waals surface area contributed by atoms with Crippen molar-refractivity contribution in [3.8, 4) is 0 Å². The smallest absolute Gasteiger partial charge is 0.241 e. The monoisotopic (exact) mass is 490 g/mol. The number of rotatable bonds is 9. The second kappa shape index (κ2) is 11.6. The van der Waals surface area contributed by atoms with E-state index in [1.54, 1.807) is 24.3 Å². The van der Waals surface area contributed by atoms with Crippen LogP contribution < -0.4 is 4.72 Å². The molecule has 1 aliphatic rings. The summed E-state index contributed by atoms with van der Waals surface area (Å²) in [5.74, 6) is 0.812. The molecular weight excluding hydrogens is 456 g/mol. The van der Waals surface area contributed by atoms with E-state index < -0.39 is 10.0 Å². The molecular formula is C29H34N2O3S. The lowest BCUT2D eigenvalue weighted by molar-refractivity contribution is -0.132. The first-order chi connectivity index (χ1) is 16.9. The number of likely N-dealkylation sites (tertiary alicyclic amines) is 1. The van der Waals surface area contributed by atoms with E-state index in [2.05, 4.69) is 29.0 Å². The molecule has 4 rings (SSSR count). The maximum Gasteiger partial charge on any atom is 0.241 e. The first-order valence-electron chi connectivity index (χ1n) is 12.4. The molecule has 1 saturated heterocycles. The Labute approximate surface area is 209 Å². The van der Waals surface area contributed by atoms with E-state index >= 15 is 0 Å². The largest absolute Gasteiger partial charge is 0.343 e. The lowest BCUT2D eigenvalue weighted by Crippen LogP contribution is -2.39. The van der Waals surface area contributed by atoms with E-state index in [0.717, 1.165) is 43.5 Å². The van der Waals surface area contributed by atoms with Crippen LogP contribution in [-0.4, -0.2) is 32.3 Å². The Morgan fingerprint density at radius 2 is 1.49 bits per heavy atom. The van der Waals surface area contributed by atoms with Crippen LogP contribution in [-0.2, 0) is 27.7 Å². The number of carbonyl (C=O) groups excluding carboxylic acids is 1. The minimum Gasteiger partial charge on any atom is -0.343 e. The van der Waals surface area contributed by atoms with Crippen molar-refractivity contribution in [2.24, 2.45) is 5.92 Å². The molecule has 184 valence electrons. The highest BCUT2D eigenvalue weighted by molar-refractivity contribution is 7.89. The maximum absolute atomic E-state index is 12.8. The Hall–Kier alpha value is -2.96. The molecule has 0 aliphatic carbocycles. The van der Waals surface area contributed by atoms with Crippen LogP contribution in [0.4, 0.5) is 0 Å². The zero-order valence-corrected chi connectivity index (χ0v) is 21.1. The van der Waals surface area contributed by atoms with Crippen LogP contribution in [0.25, 0.3) is 0 Å². The van der Waals surface area contributed by atoms with E-state index in [1.807, 2.05) is 48.2 Å². The van der Waals surface area contributed by atoms with E-state index in [0.29, 0.717) is 18.8 Å². The van der Waals surface area contributed by atoms with Gasteiger partial charge in [0.1, 0.15) is 0 Å². The van der Waals surface area contributed by atoms with Gasteiger partial charge in [-0.25, -0.2) is 13.1 Å². The Bertz CT molecular complexity index is 1190. The standard InChI is InChI=1S/C29H34N2O3S/c1-23(27-10-6-3-7-11-27)30-35(33,34)28-15-12-24(13-16-28)14-17-29(32)31-20-18-26(19-21-31)22-25-8-4-2-5-9-25/h2-13,15-16,23,26,30H,14,17-22H2,1H3/t23-/m0/s1. The number of hydrogen-bond donors (Lipinski definition) is 1. The molecule has 1 fully saturated rings. The van der Waals surface area contributed by atoms with E-state index in [4.69, 9.17) is 0 Å². The van der Waals surface area contributed by atoms with Crippen molar-refractivity contribution in [1.29, 1.82) is 0 Å². The van der Waals surface area contributed by atoms with Gasteiger partial charge in [-0.05, 0) is 67.3 Å². The van der Waals surface area contributed by atoms with Gasteiger partial charge in [-0.2, -0.15) is 0 Å². The Kier molecular flexibility index (Phi) is 8.37. The number of nitrogens with zero attached hydrogens (tertiary/aromatic N) is 1. The summed E-state index contributed by atoms with van der Waals surface area (Å²) in [5.41, 5.74) is 3.25. The van der Waals surface area contributed by atoms with Gasteiger partial charge in [0.25, 0.3) is 0 Å². The van der Waals surface area contributed by atoms with Gasteiger partial charge in [-0.15, -0.1) is 0 Å². The quantitative estimate of drug-likeness (QED) is 0.452. The fraction of sp³-hybridized carbons (Fsp3) is 0.345. The highest BCUT2D eigenvalue weighted by Gasteiger charge is 2.23. The zero-order chi connectivity index (χ0) is 24.7. The van der Waals surface area contributed by atoms with Crippen LogP contribution in [0.1, 0.15) is 48.9 Å². The average Bonchev–Trinajstić information content (AvgIpc) is 2.89. The summed E-state index contributed by atoms with van der Waals surface area (Å²) in [4.78, 5) is 15.0. The van der Waals surface area contributed by atoms with Gasteiger partial charge in [-0.1, -0.05) is 72.8 Å². The van der Waals surface area contributed by atoms with E-state index in [1.165, 1.54) is 5.56 Å². The third-order valence-electron chi connectivity index (χ3n) is 6.83. The van der Waals surface area contributed by atoms with Crippen LogP contribution in [0.3, 0.4) is 0 Å². The van der Waals surface area contributed by atoms with Gasteiger partial charge in [0.2, 0.25) is 15.9 Å². The molecule has 0 unspecified atom stereocenters. The van der Waals surface area contributed by atoms with Crippen LogP contribution in [0.15, 0.2) is 89.8 Å². The number of carbonyl (C=O) groups is 1. The van der Waals surface area contributed by atoms with Gasteiger partial charge < -0.3 is 4.90 Å². The van der Waals surface area contributed by atoms with Gasteiger partial charge >= 0.3 is 0 Å². The molecule has 0 saturated carbocycles. The third kappa shape index (κ3) is 7.03. The number of hydrogen-bond acceptors (Lipinski definition) is 3. The number of benzene rings is 3. The molecule has 3 aromatic rings. The normalized spacial score (nSPS) is 15.6. The highest BCUT2D eigenvalue weighted by atomic mass is 32.2. The topological polar surface area (TPSA) is 66.5 Å². The number of aryl methyl sites for hydroxylation is 1. The maximum atomic E-state index is 12.8. The first kappa shape index (κ1) is 25.1. The molecule has 1 aliphatic heterocycles. The summed E-state index contributed by atoms with van der Waals surface area (Å²) < 4.78 is 28.3. The van der Waals surface area contributed by atoms with E-state index in [9.17, 15) is 13.2 Å². The summed E-state index contributed by atoms with van der Waals surface area (Å²) >= 11 is 0. The molecule has 3 aromatic carbocycles. The minimum atomic E-state index is -3.63. The molecule has 0 aromatic heterocycles. The highest BCUT2D eigenvalue weighted by Crippen LogP contribution is 2.23. The first-order valence-corrected chi connectivity index (χ1v) is 13.9. The summed E-state index contributed by atoms with van der Waals surface area (Å²) in [7, 11) is -3.63. The fourth-order valence-corrected chi connectivity index (χ4v) is 5.92. The Balaban J connectivity index is 1.24. The van der Waals surface area contributed by atoms with Crippen molar-refractivity contribution in [2.45, 2.75) is 50.0 Å². The van der Waals surface area contributed by atoms with E-state index in [-0.39, 0.29) is 16.8 Å². The predicted molar refractivity (Wildman–Crippen MR) is 139 cm³/mol. The molecule has 0 bridgehead atoms. The van der Waals surface area contributed by atoms with Crippen molar-refractivity contribution >= 4 is 15.9 Å². The third-order valence-corrected chi connectivity index (χ3v) is 8.38. The summed E-state index contributed by atoms with van der Waals surface area (Å²) in [6, 6.07) is 26.6. The molecule has 1 atom stereocenters. The molecule has 35 heavy (non-hydrogen) atoms. The molecule has 6 heteroatoms. The Morgan fingerprint density at radius 1 is 0.886 bits per heavy atom. The van der Waals surface area contributed by atoms with Crippen molar-refractivity contribution in [3.05, 3.63) is 102 Å². The summed E-state index contributed by atoms with van der Waals surface area (Å²) in [5, 5.41) is 0. The Morgan fingerprint density at radius 3 is 2.11 bits per heavy atom. The molecule has 0 spiro atoms.